The summed E-state index contributed by atoms with van der Waals surface area (Å²) in [5.74, 6) is 0. The van der Waals surface area contributed by atoms with Crippen molar-refractivity contribution in [2.45, 2.75) is 19.6 Å². The van der Waals surface area contributed by atoms with Crippen LogP contribution in [0.15, 0.2) is 24.3 Å². The predicted molar refractivity (Wildman–Crippen MR) is 73.3 cm³/mol. The van der Waals surface area contributed by atoms with Gasteiger partial charge in [-0.2, -0.15) is 0 Å². The summed E-state index contributed by atoms with van der Waals surface area (Å²) in [6.45, 7) is 5.67. The zero-order chi connectivity index (χ0) is 13.4. The number of aliphatic hydroxyl groups is 1. The summed E-state index contributed by atoms with van der Waals surface area (Å²) in [6.07, 6.45) is -0.464. The molecule has 0 saturated carbocycles. The Labute approximate surface area is 109 Å². The van der Waals surface area contributed by atoms with Crippen LogP contribution in [0.3, 0.4) is 0 Å². The lowest BCUT2D eigenvalue weighted by molar-refractivity contribution is 0.0921. The SMILES string of the molecule is CCN(CCOC)CC(O)c1ccc(CN)cc1. The number of rotatable bonds is 8. The second kappa shape index (κ2) is 8.21. The molecule has 0 radical (unpaired) electrons. The first-order valence-corrected chi connectivity index (χ1v) is 6.39. The number of likely N-dealkylation sites (N-methyl/N-ethyl adjacent to an activating group) is 1. The molecule has 3 N–H and O–H groups in total. The lowest BCUT2D eigenvalue weighted by Crippen LogP contribution is -2.31. The number of nitrogens with zero attached hydrogens (tertiary/aromatic N) is 1. The van der Waals surface area contributed by atoms with Crippen LogP contribution < -0.4 is 5.73 Å². The zero-order valence-electron chi connectivity index (χ0n) is 11.3. The van der Waals surface area contributed by atoms with Crippen molar-refractivity contribution in [1.29, 1.82) is 0 Å². The third kappa shape index (κ3) is 4.74. The van der Waals surface area contributed by atoms with E-state index in [-0.39, 0.29) is 0 Å². The van der Waals surface area contributed by atoms with E-state index in [4.69, 9.17) is 10.5 Å². The van der Waals surface area contributed by atoms with Gasteiger partial charge in [0.15, 0.2) is 0 Å². The van der Waals surface area contributed by atoms with Crippen molar-refractivity contribution in [3.05, 3.63) is 35.4 Å². The average molecular weight is 252 g/mol. The highest BCUT2D eigenvalue weighted by atomic mass is 16.5. The van der Waals surface area contributed by atoms with Crippen molar-refractivity contribution >= 4 is 0 Å². The summed E-state index contributed by atoms with van der Waals surface area (Å²) < 4.78 is 5.05. The van der Waals surface area contributed by atoms with E-state index in [1.165, 1.54) is 0 Å². The first-order chi connectivity index (χ1) is 8.71. The van der Waals surface area contributed by atoms with Gasteiger partial charge in [-0.25, -0.2) is 0 Å². The van der Waals surface area contributed by atoms with Crippen molar-refractivity contribution in [3.63, 3.8) is 0 Å². The summed E-state index contributed by atoms with van der Waals surface area (Å²) in [7, 11) is 1.69. The van der Waals surface area contributed by atoms with E-state index in [0.29, 0.717) is 19.7 Å². The van der Waals surface area contributed by atoms with Crippen molar-refractivity contribution in [1.82, 2.24) is 4.90 Å². The first kappa shape index (κ1) is 15.1. The molecule has 0 spiro atoms. The predicted octanol–water partition coefficient (Wildman–Crippen LogP) is 1.15. The number of aliphatic hydroxyl groups excluding tert-OH is 1. The molecule has 102 valence electrons. The smallest absolute Gasteiger partial charge is 0.0916 e. The Hall–Kier alpha value is -0.940. The molecule has 0 aliphatic heterocycles. The first-order valence-electron chi connectivity index (χ1n) is 6.39. The molecule has 0 saturated heterocycles. The Morgan fingerprint density at radius 3 is 2.50 bits per heavy atom. The molecule has 4 heteroatoms. The second-order valence-electron chi connectivity index (χ2n) is 4.35. The van der Waals surface area contributed by atoms with Gasteiger partial charge >= 0.3 is 0 Å². The van der Waals surface area contributed by atoms with E-state index >= 15 is 0 Å². The van der Waals surface area contributed by atoms with Gasteiger partial charge in [0.2, 0.25) is 0 Å². The van der Waals surface area contributed by atoms with Gasteiger partial charge in [-0.05, 0) is 17.7 Å². The Balaban J connectivity index is 2.53. The molecule has 0 heterocycles. The normalized spacial score (nSPS) is 12.9. The maximum absolute atomic E-state index is 10.2. The maximum Gasteiger partial charge on any atom is 0.0916 e. The molecule has 0 amide bonds. The fourth-order valence-corrected chi connectivity index (χ4v) is 1.82. The van der Waals surface area contributed by atoms with Gasteiger partial charge < -0.3 is 15.6 Å². The van der Waals surface area contributed by atoms with Gasteiger partial charge in [-0.1, -0.05) is 31.2 Å². The quantitative estimate of drug-likeness (QED) is 0.728. The third-order valence-electron chi connectivity index (χ3n) is 3.09. The molecule has 0 aliphatic carbocycles. The van der Waals surface area contributed by atoms with Crippen LogP contribution in [0.25, 0.3) is 0 Å². The largest absolute Gasteiger partial charge is 0.387 e. The summed E-state index contributed by atoms with van der Waals surface area (Å²) in [5.41, 5.74) is 7.56. The van der Waals surface area contributed by atoms with E-state index < -0.39 is 6.10 Å². The average Bonchev–Trinajstić information content (AvgIpc) is 2.43. The highest BCUT2D eigenvalue weighted by molar-refractivity contribution is 5.24. The highest BCUT2D eigenvalue weighted by Gasteiger charge is 2.12. The van der Waals surface area contributed by atoms with Gasteiger partial charge in [0, 0.05) is 26.7 Å². The minimum Gasteiger partial charge on any atom is -0.387 e. The molecule has 0 fully saturated rings. The minimum absolute atomic E-state index is 0.464. The maximum atomic E-state index is 10.2. The molecule has 1 atom stereocenters. The molecule has 0 aliphatic rings. The van der Waals surface area contributed by atoms with Crippen molar-refractivity contribution in [2.75, 3.05) is 33.4 Å². The number of nitrogens with two attached hydrogens (primary N) is 1. The van der Waals surface area contributed by atoms with Crippen LogP contribution in [0.4, 0.5) is 0 Å². The molecule has 1 aromatic rings. The van der Waals surface area contributed by atoms with Crippen LogP contribution >= 0.6 is 0 Å². The van der Waals surface area contributed by atoms with E-state index in [1.54, 1.807) is 7.11 Å². The molecular weight excluding hydrogens is 228 g/mol. The molecule has 0 aromatic heterocycles. The third-order valence-corrected chi connectivity index (χ3v) is 3.09. The number of benzene rings is 1. The Morgan fingerprint density at radius 1 is 1.33 bits per heavy atom. The molecule has 18 heavy (non-hydrogen) atoms. The number of hydrogen-bond acceptors (Lipinski definition) is 4. The van der Waals surface area contributed by atoms with Crippen LogP contribution in [-0.4, -0.2) is 43.4 Å². The number of hydrogen-bond donors (Lipinski definition) is 2. The van der Waals surface area contributed by atoms with Gasteiger partial charge in [0.1, 0.15) is 0 Å². The monoisotopic (exact) mass is 252 g/mol. The number of methoxy groups -OCH3 is 1. The minimum atomic E-state index is -0.464. The summed E-state index contributed by atoms with van der Waals surface area (Å²) in [6, 6.07) is 7.81. The molecule has 1 unspecified atom stereocenters. The van der Waals surface area contributed by atoms with Crippen molar-refractivity contribution in [3.8, 4) is 0 Å². The second-order valence-corrected chi connectivity index (χ2v) is 4.35. The Morgan fingerprint density at radius 2 is 2.00 bits per heavy atom. The van der Waals surface area contributed by atoms with Crippen LogP contribution in [0.1, 0.15) is 24.2 Å². The van der Waals surface area contributed by atoms with Crippen LogP contribution in [0, 0.1) is 0 Å². The van der Waals surface area contributed by atoms with Crippen LogP contribution in [0.5, 0.6) is 0 Å². The van der Waals surface area contributed by atoms with Gasteiger partial charge in [0.05, 0.1) is 12.7 Å². The lowest BCUT2D eigenvalue weighted by atomic mass is 10.1. The molecule has 1 rings (SSSR count). The summed E-state index contributed by atoms with van der Waals surface area (Å²) in [4.78, 5) is 2.17. The van der Waals surface area contributed by atoms with Crippen molar-refractivity contribution < 1.29 is 9.84 Å². The molecule has 1 aromatic carbocycles. The summed E-state index contributed by atoms with van der Waals surface area (Å²) in [5, 5.41) is 10.2. The number of ether oxygens (including phenoxy) is 1. The Bertz CT molecular complexity index is 327. The zero-order valence-corrected chi connectivity index (χ0v) is 11.3. The fourth-order valence-electron chi connectivity index (χ4n) is 1.82. The van der Waals surface area contributed by atoms with E-state index in [0.717, 1.165) is 24.2 Å². The van der Waals surface area contributed by atoms with Gasteiger partial charge in [0.25, 0.3) is 0 Å². The standard InChI is InChI=1S/C14H24N2O2/c1-3-16(8-9-18-2)11-14(17)13-6-4-12(10-15)5-7-13/h4-7,14,17H,3,8-11,15H2,1-2H3. The molecular formula is C14H24N2O2. The van der Waals surface area contributed by atoms with E-state index in [2.05, 4.69) is 11.8 Å². The van der Waals surface area contributed by atoms with E-state index in [1.807, 2.05) is 24.3 Å². The summed E-state index contributed by atoms with van der Waals surface area (Å²) >= 11 is 0. The van der Waals surface area contributed by atoms with Gasteiger partial charge in [-0.3, -0.25) is 4.90 Å². The van der Waals surface area contributed by atoms with Crippen LogP contribution in [0.2, 0.25) is 0 Å². The van der Waals surface area contributed by atoms with Crippen LogP contribution in [-0.2, 0) is 11.3 Å². The van der Waals surface area contributed by atoms with Gasteiger partial charge in [-0.15, -0.1) is 0 Å². The molecule has 0 bridgehead atoms. The lowest BCUT2D eigenvalue weighted by Gasteiger charge is -2.23. The van der Waals surface area contributed by atoms with Crippen molar-refractivity contribution in [2.24, 2.45) is 5.73 Å². The Kier molecular flexibility index (Phi) is 6.90. The molecule has 4 nitrogen and oxygen atoms in total. The highest BCUT2D eigenvalue weighted by Crippen LogP contribution is 2.15. The van der Waals surface area contributed by atoms with E-state index in [9.17, 15) is 5.11 Å². The fraction of sp³-hybridized carbons (Fsp3) is 0.571. The topological polar surface area (TPSA) is 58.7 Å².